The second kappa shape index (κ2) is 6.82. The van der Waals surface area contributed by atoms with Crippen LogP contribution in [0.1, 0.15) is 26.2 Å². The summed E-state index contributed by atoms with van der Waals surface area (Å²) in [6, 6.07) is -1.54. The monoisotopic (exact) mass is 347 g/mol. The van der Waals surface area contributed by atoms with Gasteiger partial charge in [0.2, 0.25) is 10.0 Å². The van der Waals surface area contributed by atoms with Crippen LogP contribution in [-0.4, -0.2) is 60.4 Å². The van der Waals surface area contributed by atoms with Crippen LogP contribution in [0.25, 0.3) is 0 Å². The van der Waals surface area contributed by atoms with Crippen LogP contribution in [-0.2, 0) is 24.3 Å². The third-order valence-corrected chi connectivity index (χ3v) is 5.44. The first-order valence-electron chi connectivity index (χ1n) is 6.47. The molecule has 0 spiro atoms. The Kier molecular flexibility index (Phi) is 5.79. The normalized spacial score (nSPS) is 21.5. The summed E-state index contributed by atoms with van der Waals surface area (Å²) in [6.45, 7) is 0.857. The minimum atomic E-state index is -5.21. The largest absolute Gasteiger partial charge is 0.480 e. The number of sulfonamides is 1. The number of halogens is 3. The van der Waals surface area contributed by atoms with Gasteiger partial charge in [-0.1, -0.05) is 0 Å². The van der Waals surface area contributed by atoms with Gasteiger partial charge in [0, 0.05) is 6.54 Å². The van der Waals surface area contributed by atoms with Crippen molar-refractivity contribution in [3.05, 3.63) is 0 Å². The van der Waals surface area contributed by atoms with E-state index in [0.717, 1.165) is 0 Å². The average molecular weight is 347 g/mol. The molecule has 0 saturated carbocycles. The second-order valence-electron chi connectivity index (χ2n) is 4.69. The molecule has 2 atom stereocenters. The summed E-state index contributed by atoms with van der Waals surface area (Å²) in [7, 11) is -5.04. The quantitative estimate of drug-likeness (QED) is 0.712. The molecule has 0 aromatic rings. The van der Waals surface area contributed by atoms with Gasteiger partial charge < -0.3 is 9.84 Å². The molecule has 1 heterocycles. The molecule has 22 heavy (non-hydrogen) atoms. The van der Waals surface area contributed by atoms with E-state index in [4.69, 9.17) is 5.11 Å². The molecule has 0 aromatic heterocycles. The molecule has 1 aliphatic heterocycles. The van der Waals surface area contributed by atoms with Crippen molar-refractivity contribution in [1.82, 2.24) is 4.31 Å². The lowest BCUT2D eigenvalue weighted by Gasteiger charge is -2.27. The zero-order valence-corrected chi connectivity index (χ0v) is 12.5. The lowest BCUT2D eigenvalue weighted by Crippen LogP contribution is -2.50. The third-order valence-electron chi connectivity index (χ3n) is 3.20. The topological polar surface area (TPSA) is 101 Å². The van der Waals surface area contributed by atoms with E-state index in [0.29, 0.717) is 4.31 Å². The van der Waals surface area contributed by atoms with Crippen LogP contribution in [0, 0.1) is 0 Å². The highest BCUT2D eigenvalue weighted by molar-refractivity contribution is 7.89. The first-order chi connectivity index (χ1) is 10.0. The molecule has 11 heteroatoms. The maximum atomic E-state index is 13.0. The van der Waals surface area contributed by atoms with Crippen molar-refractivity contribution in [3.63, 3.8) is 0 Å². The summed E-state index contributed by atoms with van der Waals surface area (Å²) in [5.41, 5.74) is 0. The van der Waals surface area contributed by atoms with Crippen molar-refractivity contribution >= 4 is 22.0 Å². The highest BCUT2D eigenvalue weighted by atomic mass is 32.2. The van der Waals surface area contributed by atoms with Gasteiger partial charge in [-0.25, -0.2) is 8.42 Å². The van der Waals surface area contributed by atoms with E-state index < -0.39 is 45.9 Å². The molecule has 1 saturated heterocycles. The van der Waals surface area contributed by atoms with Crippen molar-refractivity contribution in [3.8, 4) is 0 Å². The van der Waals surface area contributed by atoms with Crippen LogP contribution in [0.5, 0.6) is 0 Å². The Balaban J connectivity index is 3.11. The summed E-state index contributed by atoms with van der Waals surface area (Å²) in [6.07, 6.45) is -6.54. The number of esters is 1. The molecule has 1 rings (SSSR count). The number of hydrogen-bond acceptors (Lipinski definition) is 5. The number of carboxylic acids is 1. The van der Waals surface area contributed by atoms with Crippen molar-refractivity contribution in [1.29, 1.82) is 0 Å². The standard InChI is InChI=1S/C11H16F3NO6S/c1-2-21-9(16)6-8(11(12,13)14)22(19,20)15-5-3-4-7(15)10(17)18/h7-8H,2-6H2,1H3,(H,17,18)/t7-,8?/m1/s1. The number of aliphatic carboxylic acids is 1. The van der Waals surface area contributed by atoms with Gasteiger partial charge in [0.15, 0.2) is 5.25 Å². The van der Waals surface area contributed by atoms with E-state index in [9.17, 15) is 31.2 Å². The number of nitrogens with zero attached hydrogens (tertiary/aromatic N) is 1. The molecular formula is C11H16F3NO6S. The highest BCUT2D eigenvalue weighted by Gasteiger charge is 2.54. The Bertz CT molecular complexity index is 532. The third kappa shape index (κ3) is 4.09. The van der Waals surface area contributed by atoms with Gasteiger partial charge >= 0.3 is 18.1 Å². The fourth-order valence-electron chi connectivity index (χ4n) is 2.22. The zero-order chi connectivity index (χ0) is 17.1. The highest BCUT2D eigenvalue weighted by Crippen LogP contribution is 2.34. The fraction of sp³-hybridized carbons (Fsp3) is 0.818. The van der Waals surface area contributed by atoms with Crippen molar-refractivity contribution < 1.29 is 41.0 Å². The number of rotatable bonds is 6. The van der Waals surface area contributed by atoms with Gasteiger partial charge in [0.25, 0.3) is 0 Å². The lowest BCUT2D eigenvalue weighted by atomic mass is 10.2. The van der Waals surface area contributed by atoms with Crippen LogP contribution in [0.2, 0.25) is 0 Å². The predicted molar refractivity (Wildman–Crippen MR) is 67.4 cm³/mol. The predicted octanol–water partition coefficient (Wildman–Crippen LogP) is 0.749. The number of carboxylic acid groups (broad SMARTS) is 1. The van der Waals surface area contributed by atoms with Crippen molar-refractivity contribution in [2.75, 3.05) is 13.2 Å². The molecular weight excluding hydrogens is 331 g/mol. The second-order valence-corrected chi connectivity index (χ2v) is 6.76. The minimum Gasteiger partial charge on any atom is -0.480 e. The fourth-order valence-corrected chi connectivity index (χ4v) is 4.16. The van der Waals surface area contributed by atoms with E-state index in [1.54, 1.807) is 0 Å². The Labute approximate surface area is 125 Å². The molecule has 128 valence electrons. The maximum Gasteiger partial charge on any atom is 0.407 e. The minimum absolute atomic E-state index is 0.0709. The van der Waals surface area contributed by atoms with E-state index in [-0.39, 0.29) is 26.0 Å². The number of carbonyl (C=O) groups is 2. The Hall–Kier alpha value is -1.36. The van der Waals surface area contributed by atoms with Crippen LogP contribution in [0.3, 0.4) is 0 Å². The van der Waals surface area contributed by atoms with Gasteiger partial charge in [-0.3, -0.25) is 9.59 Å². The van der Waals surface area contributed by atoms with E-state index in [2.05, 4.69) is 4.74 Å². The number of ether oxygens (including phenoxy) is 1. The molecule has 1 fully saturated rings. The van der Waals surface area contributed by atoms with Crippen molar-refractivity contribution in [2.45, 2.75) is 43.7 Å². The summed E-state index contributed by atoms with van der Waals surface area (Å²) < 4.78 is 68.1. The molecule has 0 aromatic carbocycles. The van der Waals surface area contributed by atoms with Gasteiger partial charge in [-0.2, -0.15) is 17.5 Å². The Morgan fingerprint density at radius 2 is 2.00 bits per heavy atom. The van der Waals surface area contributed by atoms with Crippen LogP contribution in [0.15, 0.2) is 0 Å². The summed E-state index contributed by atoms with van der Waals surface area (Å²) >= 11 is 0. The van der Waals surface area contributed by atoms with E-state index in [1.807, 2.05) is 0 Å². The van der Waals surface area contributed by atoms with Gasteiger partial charge in [0.1, 0.15) is 6.04 Å². The molecule has 0 radical (unpaired) electrons. The number of carbonyl (C=O) groups excluding carboxylic acids is 1. The lowest BCUT2D eigenvalue weighted by molar-refractivity contribution is -0.155. The smallest absolute Gasteiger partial charge is 0.407 e. The van der Waals surface area contributed by atoms with Gasteiger partial charge in [0.05, 0.1) is 13.0 Å². The van der Waals surface area contributed by atoms with Crippen molar-refractivity contribution in [2.24, 2.45) is 0 Å². The van der Waals surface area contributed by atoms with Gasteiger partial charge in [-0.15, -0.1) is 0 Å². The van der Waals surface area contributed by atoms with Crippen LogP contribution >= 0.6 is 0 Å². The first kappa shape index (κ1) is 18.7. The first-order valence-corrected chi connectivity index (χ1v) is 7.98. The summed E-state index contributed by atoms with van der Waals surface area (Å²) in [4.78, 5) is 22.2. The summed E-state index contributed by atoms with van der Waals surface area (Å²) in [5.74, 6) is -2.82. The number of alkyl halides is 3. The molecule has 1 aliphatic rings. The molecule has 1 N–H and O–H groups in total. The SMILES string of the molecule is CCOC(=O)CC(C(F)(F)F)S(=O)(=O)N1CCC[C@@H]1C(=O)O. The zero-order valence-electron chi connectivity index (χ0n) is 11.7. The molecule has 0 amide bonds. The number of hydrogen-bond donors (Lipinski definition) is 1. The molecule has 0 aliphatic carbocycles. The summed E-state index contributed by atoms with van der Waals surface area (Å²) in [5, 5.41) is 5.90. The molecule has 7 nitrogen and oxygen atoms in total. The van der Waals surface area contributed by atoms with E-state index in [1.165, 1.54) is 6.92 Å². The average Bonchev–Trinajstić information content (AvgIpc) is 2.84. The van der Waals surface area contributed by atoms with E-state index >= 15 is 0 Å². The van der Waals surface area contributed by atoms with Crippen LogP contribution in [0.4, 0.5) is 13.2 Å². The maximum absolute atomic E-state index is 13.0. The van der Waals surface area contributed by atoms with Crippen LogP contribution < -0.4 is 0 Å². The molecule has 0 bridgehead atoms. The Morgan fingerprint density at radius 3 is 2.45 bits per heavy atom. The van der Waals surface area contributed by atoms with Gasteiger partial charge in [-0.05, 0) is 19.8 Å². The molecule has 1 unspecified atom stereocenters. The Morgan fingerprint density at radius 1 is 1.41 bits per heavy atom.